The monoisotopic (exact) mass is 441 g/mol. The van der Waals surface area contributed by atoms with Crippen molar-refractivity contribution in [2.45, 2.75) is 6.92 Å². The third-order valence-electron chi connectivity index (χ3n) is 6.12. The third-order valence-corrected chi connectivity index (χ3v) is 6.45. The zero-order chi connectivity index (χ0) is 22.1. The van der Waals surface area contributed by atoms with Gasteiger partial charge in [-0.15, -0.1) is 0 Å². The van der Waals surface area contributed by atoms with Crippen LogP contribution >= 0.6 is 11.6 Å². The molecule has 2 heterocycles. The van der Waals surface area contributed by atoms with Crippen molar-refractivity contribution < 1.29 is 4.79 Å². The van der Waals surface area contributed by atoms with Crippen LogP contribution in [-0.2, 0) is 0 Å². The van der Waals surface area contributed by atoms with Crippen LogP contribution in [-0.4, -0.2) is 42.0 Å². The number of pyridine rings is 1. The Morgan fingerprint density at radius 2 is 1.56 bits per heavy atom. The van der Waals surface area contributed by atoms with E-state index in [-0.39, 0.29) is 5.91 Å². The van der Waals surface area contributed by atoms with Gasteiger partial charge < -0.3 is 9.80 Å². The Labute approximate surface area is 193 Å². The van der Waals surface area contributed by atoms with Gasteiger partial charge in [0.2, 0.25) is 0 Å². The summed E-state index contributed by atoms with van der Waals surface area (Å²) in [5, 5.41) is 1.50. The van der Waals surface area contributed by atoms with Gasteiger partial charge in [-0.3, -0.25) is 4.79 Å². The molecule has 0 atom stereocenters. The number of carbonyl (C=O) groups is 1. The van der Waals surface area contributed by atoms with Crippen molar-refractivity contribution in [3.63, 3.8) is 0 Å². The average Bonchev–Trinajstić information content (AvgIpc) is 2.84. The second-order valence-electron chi connectivity index (χ2n) is 8.12. The first-order valence-corrected chi connectivity index (χ1v) is 11.2. The molecule has 1 amide bonds. The lowest BCUT2D eigenvalue weighted by Crippen LogP contribution is -2.49. The Balaban J connectivity index is 1.46. The lowest BCUT2D eigenvalue weighted by atomic mass is 10.0. The average molecular weight is 442 g/mol. The van der Waals surface area contributed by atoms with Crippen LogP contribution in [0, 0.1) is 6.92 Å². The minimum Gasteiger partial charge on any atom is -0.368 e. The molecule has 160 valence electrons. The zero-order valence-corrected chi connectivity index (χ0v) is 18.7. The number of carbonyl (C=O) groups excluding carboxylic acids is 1. The third kappa shape index (κ3) is 3.82. The number of benzene rings is 3. The molecule has 0 N–H and O–H groups in total. The van der Waals surface area contributed by atoms with Crippen LogP contribution in [0.3, 0.4) is 0 Å². The topological polar surface area (TPSA) is 36.4 Å². The van der Waals surface area contributed by atoms with Gasteiger partial charge in [-0.2, -0.15) is 0 Å². The molecule has 32 heavy (non-hydrogen) atoms. The maximum atomic E-state index is 13.6. The fourth-order valence-electron chi connectivity index (χ4n) is 4.40. The van der Waals surface area contributed by atoms with Crippen molar-refractivity contribution in [2.75, 3.05) is 31.1 Å². The Bertz CT molecular complexity index is 1300. The zero-order valence-electron chi connectivity index (χ0n) is 18.0. The normalized spacial score (nSPS) is 14.1. The van der Waals surface area contributed by atoms with E-state index in [1.165, 1.54) is 11.3 Å². The van der Waals surface area contributed by atoms with E-state index >= 15 is 0 Å². The number of rotatable bonds is 3. The minimum absolute atomic E-state index is 0.0429. The van der Waals surface area contributed by atoms with E-state index in [1.54, 1.807) is 0 Å². The number of hydrogen-bond donors (Lipinski definition) is 0. The van der Waals surface area contributed by atoms with Crippen molar-refractivity contribution in [2.24, 2.45) is 0 Å². The lowest BCUT2D eigenvalue weighted by molar-refractivity contribution is 0.0748. The molecule has 4 aromatic rings. The quantitative estimate of drug-likeness (QED) is 0.401. The summed E-state index contributed by atoms with van der Waals surface area (Å²) in [6.07, 6.45) is 0. The van der Waals surface area contributed by atoms with Crippen LogP contribution in [0.2, 0.25) is 5.02 Å². The number of piperazine rings is 1. The van der Waals surface area contributed by atoms with Gasteiger partial charge in [0.05, 0.1) is 16.8 Å². The lowest BCUT2D eigenvalue weighted by Gasteiger charge is -2.37. The maximum absolute atomic E-state index is 13.6. The van der Waals surface area contributed by atoms with Crippen LogP contribution in [0.1, 0.15) is 15.9 Å². The predicted molar refractivity (Wildman–Crippen MR) is 131 cm³/mol. The number of amides is 1. The first-order chi connectivity index (χ1) is 15.6. The number of hydrogen-bond acceptors (Lipinski definition) is 3. The van der Waals surface area contributed by atoms with E-state index in [0.29, 0.717) is 23.7 Å². The summed E-state index contributed by atoms with van der Waals surface area (Å²) in [5.74, 6) is 0.0429. The number of anilines is 1. The molecule has 3 aromatic carbocycles. The molecule has 0 bridgehead atoms. The van der Waals surface area contributed by atoms with Gasteiger partial charge in [-0.25, -0.2) is 4.98 Å². The SMILES string of the molecule is Cc1ccccc1N1CCN(C(=O)c2cc(-c3ccccc3Cl)nc3ccccc23)CC1. The van der Waals surface area contributed by atoms with Gasteiger partial charge in [-0.1, -0.05) is 66.2 Å². The fourth-order valence-corrected chi connectivity index (χ4v) is 4.63. The number of nitrogens with zero attached hydrogens (tertiary/aromatic N) is 3. The highest BCUT2D eigenvalue weighted by atomic mass is 35.5. The number of halogens is 1. The van der Waals surface area contributed by atoms with Crippen molar-refractivity contribution >= 4 is 34.1 Å². The Morgan fingerprint density at radius 1 is 0.875 bits per heavy atom. The molecule has 5 heteroatoms. The first kappa shape index (κ1) is 20.5. The summed E-state index contributed by atoms with van der Waals surface area (Å²) < 4.78 is 0. The molecule has 1 aliphatic rings. The van der Waals surface area contributed by atoms with Crippen molar-refractivity contribution in [1.29, 1.82) is 0 Å². The molecule has 5 rings (SSSR count). The van der Waals surface area contributed by atoms with E-state index < -0.39 is 0 Å². The molecular formula is C27H24ClN3O. The second-order valence-corrected chi connectivity index (χ2v) is 8.52. The molecule has 0 radical (unpaired) electrons. The molecule has 4 nitrogen and oxygen atoms in total. The highest BCUT2D eigenvalue weighted by Gasteiger charge is 2.25. The summed E-state index contributed by atoms with van der Waals surface area (Å²) in [7, 11) is 0. The second kappa shape index (κ2) is 8.64. The maximum Gasteiger partial charge on any atom is 0.254 e. The standard InChI is InChI=1S/C27H24ClN3O/c1-19-8-2-7-13-26(19)30-14-16-31(17-15-30)27(32)22-18-25(21-10-3-5-11-23(21)28)29-24-12-6-4-9-20(22)24/h2-13,18H,14-17H2,1H3. The van der Waals surface area contributed by atoms with Crippen LogP contribution < -0.4 is 4.90 Å². The largest absolute Gasteiger partial charge is 0.368 e. The molecule has 1 aromatic heterocycles. The molecule has 0 aliphatic carbocycles. The van der Waals surface area contributed by atoms with E-state index in [9.17, 15) is 4.79 Å². The molecule has 0 unspecified atom stereocenters. The van der Waals surface area contributed by atoms with Crippen LogP contribution in [0.15, 0.2) is 78.9 Å². The summed E-state index contributed by atoms with van der Waals surface area (Å²) in [6, 6.07) is 25.7. The van der Waals surface area contributed by atoms with E-state index in [4.69, 9.17) is 16.6 Å². The van der Waals surface area contributed by atoms with Crippen LogP contribution in [0.4, 0.5) is 5.69 Å². The number of aromatic nitrogens is 1. The summed E-state index contributed by atoms with van der Waals surface area (Å²) in [6.45, 7) is 5.14. The predicted octanol–water partition coefficient (Wildman–Crippen LogP) is 5.83. The van der Waals surface area contributed by atoms with E-state index in [0.717, 1.165) is 35.2 Å². The van der Waals surface area contributed by atoms with Crippen LogP contribution in [0.25, 0.3) is 22.2 Å². The van der Waals surface area contributed by atoms with E-state index in [2.05, 4.69) is 36.1 Å². The first-order valence-electron chi connectivity index (χ1n) is 10.9. The Hall–Kier alpha value is -3.37. The van der Waals surface area contributed by atoms with Gasteiger partial charge >= 0.3 is 0 Å². The summed E-state index contributed by atoms with van der Waals surface area (Å²) in [5.41, 5.74) is 5.53. The summed E-state index contributed by atoms with van der Waals surface area (Å²) >= 11 is 6.44. The molecule has 1 saturated heterocycles. The van der Waals surface area contributed by atoms with Gasteiger partial charge in [-0.05, 0) is 36.8 Å². The molecule has 1 fully saturated rings. The number of fused-ring (bicyclic) bond motifs is 1. The van der Waals surface area contributed by atoms with Gasteiger partial charge in [0, 0.05) is 47.8 Å². The number of aryl methyl sites for hydroxylation is 1. The molecular weight excluding hydrogens is 418 g/mol. The molecule has 0 saturated carbocycles. The number of para-hydroxylation sites is 2. The van der Waals surface area contributed by atoms with Crippen molar-refractivity contribution in [3.05, 3.63) is 95.0 Å². The van der Waals surface area contributed by atoms with Gasteiger partial charge in [0.25, 0.3) is 5.91 Å². The van der Waals surface area contributed by atoms with E-state index in [1.807, 2.05) is 59.5 Å². The highest BCUT2D eigenvalue weighted by molar-refractivity contribution is 6.33. The Morgan fingerprint density at radius 3 is 2.34 bits per heavy atom. The van der Waals surface area contributed by atoms with Crippen molar-refractivity contribution in [1.82, 2.24) is 9.88 Å². The molecule has 0 spiro atoms. The minimum atomic E-state index is 0.0429. The Kier molecular flexibility index (Phi) is 5.54. The summed E-state index contributed by atoms with van der Waals surface area (Å²) in [4.78, 5) is 22.7. The smallest absolute Gasteiger partial charge is 0.254 e. The highest BCUT2D eigenvalue weighted by Crippen LogP contribution is 2.30. The van der Waals surface area contributed by atoms with Gasteiger partial charge in [0.15, 0.2) is 0 Å². The fraction of sp³-hybridized carbons (Fsp3) is 0.185. The van der Waals surface area contributed by atoms with Crippen molar-refractivity contribution in [3.8, 4) is 11.3 Å². The van der Waals surface area contributed by atoms with Crippen LogP contribution in [0.5, 0.6) is 0 Å². The van der Waals surface area contributed by atoms with Gasteiger partial charge in [0.1, 0.15) is 0 Å². The molecule has 1 aliphatic heterocycles.